The molecule has 1 aromatic carbocycles. The number of aromatic amines is 1. The van der Waals surface area contributed by atoms with Gasteiger partial charge in [-0.15, -0.1) is 24.8 Å². The Kier molecular flexibility index (Phi) is 6.81. The largest absolute Gasteiger partial charge is 0.341 e. The molecule has 0 saturated heterocycles. The zero-order valence-electron chi connectivity index (χ0n) is 8.93. The second kappa shape index (κ2) is 7.28. The summed E-state index contributed by atoms with van der Waals surface area (Å²) in [7, 11) is 1.91. The van der Waals surface area contributed by atoms with Crippen LogP contribution in [-0.4, -0.2) is 17.0 Å². The van der Waals surface area contributed by atoms with E-state index in [0.717, 1.165) is 18.1 Å². The SMILES string of the molecule is CNCc1ncc(-c2ccccc2)[nH]1.Cl.Cl. The van der Waals surface area contributed by atoms with Crippen molar-refractivity contribution in [3.8, 4) is 11.3 Å². The van der Waals surface area contributed by atoms with Gasteiger partial charge < -0.3 is 10.3 Å². The molecular formula is C11H15Cl2N3. The van der Waals surface area contributed by atoms with E-state index in [1.165, 1.54) is 5.56 Å². The summed E-state index contributed by atoms with van der Waals surface area (Å²) in [4.78, 5) is 7.52. The van der Waals surface area contributed by atoms with Gasteiger partial charge in [-0.25, -0.2) is 4.98 Å². The van der Waals surface area contributed by atoms with Crippen LogP contribution in [0.2, 0.25) is 0 Å². The second-order valence-corrected chi connectivity index (χ2v) is 3.14. The van der Waals surface area contributed by atoms with Gasteiger partial charge in [0.1, 0.15) is 5.82 Å². The number of halogens is 2. The second-order valence-electron chi connectivity index (χ2n) is 3.14. The third-order valence-electron chi connectivity index (χ3n) is 2.06. The van der Waals surface area contributed by atoms with E-state index in [2.05, 4.69) is 27.4 Å². The van der Waals surface area contributed by atoms with E-state index in [1.54, 1.807) is 0 Å². The maximum Gasteiger partial charge on any atom is 0.120 e. The fraction of sp³-hybridized carbons (Fsp3) is 0.182. The molecule has 0 atom stereocenters. The molecule has 0 radical (unpaired) electrons. The minimum absolute atomic E-state index is 0. The van der Waals surface area contributed by atoms with Crippen molar-refractivity contribution < 1.29 is 0 Å². The summed E-state index contributed by atoms with van der Waals surface area (Å²) in [5, 5.41) is 3.06. The Labute approximate surface area is 108 Å². The van der Waals surface area contributed by atoms with Crippen molar-refractivity contribution in [2.45, 2.75) is 6.54 Å². The highest BCUT2D eigenvalue weighted by molar-refractivity contribution is 5.85. The van der Waals surface area contributed by atoms with Gasteiger partial charge in [-0.05, 0) is 12.6 Å². The van der Waals surface area contributed by atoms with Gasteiger partial charge in [0.2, 0.25) is 0 Å². The topological polar surface area (TPSA) is 40.7 Å². The number of aromatic nitrogens is 2. The molecule has 3 nitrogen and oxygen atoms in total. The van der Waals surface area contributed by atoms with Crippen molar-refractivity contribution >= 4 is 24.8 Å². The number of nitrogens with zero attached hydrogens (tertiary/aromatic N) is 1. The number of benzene rings is 1. The molecule has 1 aromatic heterocycles. The molecule has 0 fully saturated rings. The Morgan fingerprint density at radius 2 is 1.88 bits per heavy atom. The molecule has 2 aromatic rings. The summed E-state index contributed by atoms with van der Waals surface area (Å²) in [5.74, 6) is 0.964. The van der Waals surface area contributed by atoms with Crippen molar-refractivity contribution in [2.75, 3.05) is 7.05 Å². The summed E-state index contributed by atoms with van der Waals surface area (Å²) in [6, 6.07) is 10.2. The van der Waals surface area contributed by atoms with Crippen LogP contribution in [0, 0.1) is 0 Å². The van der Waals surface area contributed by atoms with E-state index in [4.69, 9.17) is 0 Å². The molecule has 0 aliphatic rings. The first-order valence-electron chi connectivity index (χ1n) is 4.64. The molecule has 5 heteroatoms. The molecule has 2 rings (SSSR count). The standard InChI is InChI=1S/C11H13N3.2ClH/c1-12-8-11-13-7-10(14-11)9-5-3-2-4-6-9;;/h2-7,12H,8H2,1H3,(H,13,14);2*1H. The molecule has 88 valence electrons. The lowest BCUT2D eigenvalue weighted by Gasteiger charge is -1.96. The lowest BCUT2D eigenvalue weighted by atomic mass is 10.2. The van der Waals surface area contributed by atoms with Gasteiger partial charge in [-0.3, -0.25) is 0 Å². The molecule has 0 unspecified atom stereocenters. The molecule has 16 heavy (non-hydrogen) atoms. The minimum atomic E-state index is 0. The van der Waals surface area contributed by atoms with Crippen molar-refractivity contribution in [3.63, 3.8) is 0 Å². The molecule has 0 bridgehead atoms. The Bertz CT molecular complexity index is 401. The molecule has 0 spiro atoms. The van der Waals surface area contributed by atoms with Crippen LogP contribution in [-0.2, 0) is 6.54 Å². The molecule has 2 N–H and O–H groups in total. The summed E-state index contributed by atoms with van der Waals surface area (Å²) in [5.41, 5.74) is 2.23. The number of rotatable bonds is 3. The number of hydrogen-bond donors (Lipinski definition) is 2. The number of hydrogen-bond acceptors (Lipinski definition) is 2. The molecule has 0 aliphatic heterocycles. The number of imidazole rings is 1. The van der Waals surface area contributed by atoms with Gasteiger partial charge in [0.05, 0.1) is 18.4 Å². The first-order valence-corrected chi connectivity index (χ1v) is 4.64. The van der Waals surface area contributed by atoms with Gasteiger partial charge in [0.25, 0.3) is 0 Å². The Morgan fingerprint density at radius 3 is 2.50 bits per heavy atom. The maximum atomic E-state index is 4.26. The average molecular weight is 260 g/mol. The highest BCUT2D eigenvalue weighted by atomic mass is 35.5. The van der Waals surface area contributed by atoms with E-state index in [9.17, 15) is 0 Å². The minimum Gasteiger partial charge on any atom is -0.341 e. The van der Waals surface area contributed by atoms with Crippen LogP contribution in [0.3, 0.4) is 0 Å². The predicted molar refractivity (Wildman–Crippen MR) is 71.3 cm³/mol. The monoisotopic (exact) mass is 259 g/mol. The van der Waals surface area contributed by atoms with Crippen molar-refractivity contribution in [3.05, 3.63) is 42.4 Å². The van der Waals surface area contributed by atoms with E-state index < -0.39 is 0 Å². The average Bonchev–Trinajstić information content (AvgIpc) is 2.68. The highest BCUT2D eigenvalue weighted by Gasteiger charge is 2.00. The lowest BCUT2D eigenvalue weighted by Crippen LogP contribution is -2.06. The van der Waals surface area contributed by atoms with Crippen LogP contribution in [0.15, 0.2) is 36.5 Å². The third kappa shape index (κ3) is 3.52. The van der Waals surface area contributed by atoms with E-state index in [-0.39, 0.29) is 24.8 Å². The fourth-order valence-corrected chi connectivity index (χ4v) is 1.38. The third-order valence-corrected chi connectivity index (χ3v) is 2.06. The molecule has 0 saturated carbocycles. The van der Waals surface area contributed by atoms with Crippen LogP contribution in [0.5, 0.6) is 0 Å². The van der Waals surface area contributed by atoms with Crippen LogP contribution in [0.4, 0.5) is 0 Å². The smallest absolute Gasteiger partial charge is 0.120 e. The normalized spacial score (nSPS) is 9.06. The quantitative estimate of drug-likeness (QED) is 0.890. The van der Waals surface area contributed by atoms with Crippen LogP contribution >= 0.6 is 24.8 Å². The molecule has 0 aliphatic carbocycles. The zero-order chi connectivity index (χ0) is 9.80. The van der Waals surface area contributed by atoms with Crippen molar-refractivity contribution in [2.24, 2.45) is 0 Å². The first-order chi connectivity index (χ1) is 6.90. The summed E-state index contributed by atoms with van der Waals surface area (Å²) in [6.07, 6.45) is 1.86. The van der Waals surface area contributed by atoms with Crippen LogP contribution in [0.25, 0.3) is 11.3 Å². The lowest BCUT2D eigenvalue weighted by molar-refractivity contribution is 0.772. The summed E-state index contributed by atoms with van der Waals surface area (Å²) >= 11 is 0. The summed E-state index contributed by atoms with van der Waals surface area (Å²) in [6.45, 7) is 0.771. The molecule has 1 heterocycles. The Hall–Kier alpha value is -1.03. The van der Waals surface area contributed by atoms with Crippen molar-refractivity contribution in [1.29, 1.82) is 0 Å². The van der Waals surface area contributed by atoms with E-state index in [1.807, 2.05) is 31.4 Å². The summed E-state index contributed by atoms with van der Waals surface area (Å²) < 4.78 is 0. The molecule has 0 amide bonds. The molecular weight excluding hydrogens is 245 g/mol. The number of H-pyrrole nitrogens is 1. The predicted octanol–water partition coefficient (Wildman–Crippen LogP) is 2.64. The highest BCUT2D eigenvalue weighted by Crippen LogP contribution is 2.15. The van der Waals surface area contributed by atoms with Crippen molar-refractivity contribution in [1.82, 2.24) is 15.3 Å². The van der Waals surface area contributed by atoms with Crippen LogP contribution < -0.4 is 5.32 Å². The van der Waals surface area contributed by atoms with E-state index in [0.29, 0.717) is 0 Å². The van der Waals surface area contributed by atoms with Crippen LogP contribution in [0.1, 0.15) is 5.82 Å². The first kappa shape index (κ1) is 15.0. The zero-order valence-corrected chi connectivity index (χ0v) is 10.6. The fourth-order valence-electron chi connectivity index (χ4n) is 1.38. The van der Waals surface area contributed by atoms with Gasteiger partial charge >= 0.3 is 0 Å². The van der Waals surface area contributed by atoms with Gasteiger partial charge in [-0.1, -0.05) is 30.3 Å². The number of nitrogens with one attached hydrogen (secondary N) is 2. The van der Waals surface area contributed by atoms with Gasteiger partial charge in [0.15, 0.2) is 0 Å². The Morgan fingerprint density at radius 1 is 1.19 bits per heavy atom. The maximum absolute atomic E-state index is 4.26. The van der Waals surface area contributed by atoms with Gasteiger partial charge in [0, 0.05) is 0 Å². The van der Waals surface area contributed by atoms with E-state index >= 15 is 0 Å². The Balaban J connectivity index is 0.00000112. The van der Waals surface area contributed by atoms with Gasteiger partial charge in [-0.2, -0.15) is 0 Å².